The van der Waals surface area contributed by atoms with Crippen LogP contribution >= 0.6 is 22.9 Å². The minimum atomic E-state index is -0.948. The van der Waals surface area contributed by atoms with Gasteiger partial charge in [0.05, 0.1) is 64.9 Å². The summed E-state index contributed by atoms with van der Waals surface area (Å²) in [5, 5.41) is 3.06. The van der Waals surface area contributed by atoms with Gasteiger partial charge in [-0.25, -0.2) is 4.98 Å². The van der Waals surface area contributed by atoms with Crippen molar-refractivity contribution in [2.75, 3.05) is 40.4 Å². The third kappa shape index (κ3) is 7.06. The molecule has 0 unspecified atom stereocenters. The lowest BCUT2D eigenvalue weighted by Crippen LogP contribution is -2.40. The van der Waals surface area contributed by atoms with Crippen molar-refractivity contribution >= 4 is 40.5 Å². The van der Waals surface area contributed by atoms with Crippen molar-refractivity contribution < 1.29 is 38.0 Å². The fraction of sp³-hybridized carbons (Fsp3) is 0.324. The van der Waals surface area contributed by atoms with Gasteiger partial charge in [-0.15, -0.1) is 11.3 Å². The number of amides is 1. The monoisotopic (exact) mass is 666 g/mol. The van der Waals surface area contributed by atoms with Crippen molar-refractivity contribution in [1.82, 2.24) is 4.98 Å². The summed E-state index contributed by atoms with van der Waals surface area (Å²) in [7, 11) is 7.65. The molecule has 0 fully saturated rings. The molecule has 12 heteroatoms. The highest BCUT2D eigenvalue weighted by Gasteiger charge is 2.39. The number of hydrogen-bond donors (Lipinski definition) is 0. The molecule has 0 saturated heterocycles. The fourth-order valence-electron chi connectivity index (χ4n) is 5.43. The van der Waals surface area contributed by atoms with Gasteiger partial charge in [-0.3, -0.25) is 9.59 Å². The Kier molecular flexibility index (Phi) is 10.7. The van der Waals surface area contributed by atoms with Crippen LogP contribution in [0.4, 0.5) is 5.69 Å². The maximum absolute atomic E-state index is 14.6. The van der Waals surface area contributed by atoms with Crippen molar-refractivity contribution in [3.63, 3.8) is 0 Å². The van der Waals surface area contributed by atoms with Gasteiger partial charge in [-0.1, -0.05) is 23.7 Å². The Morgan fingerprint density at radius 2 is 1.76 bits per heavy atom. The molecular formula is C34H35ClN2O8S. The highest BCUT2D eigenvalue weighted by molar-refractivity contribution is 7.09. The Morgan fingerprint density at radius 1 is 0.957 bits per heavy atom. The maximum atomic E-state index is 14.6. The molecule has 2 heterocycles. The zero-order valence-corrected chi connectivity index (χ0v) is 27.8. The normalized spacial score (nSPS) is 16.0. The van der Waals surface area contributed by atoms with Gasteiger partial charge >= 0.3 is 5.97 Å². The highest BCUT2D eigenvalue weighted by atomic mass is 35.5. The number of hydrogen-bond acceptors (Lipinski definition) is 10. The number of rotatable bonds is 12. The van der Waals surface area contributed by atoms with Crippen LogP contribution in [-0.2, 0) is 38.4 Å². The summed E-state index contributed by atoms with van der Waals surface area (Å²) in [6.45, 7) is 0.185. The lowest BCUT2D eigenvalue weighted by molar-refractivity contribution is -0.140. The fourth-order valence-corrected chi connectivity index (χ4v) is 6.47. The van der Waals surface area contributed by atoms with Gasteiger partial charge in [-0.05, 0) is 36.4 Å². The van der Waals surface area contributed by atoms with Crippen molar-refractivity contribution in [2.24, 2.45) is 0 Å². The summed E-state index contributed by atoms with van der Waals surface area (Å²) in [6, 6.07) is 16.4. The number of carbonyl (C=O) groups excluding carboxylic acids is 2. The van der Waals surface area contributed by atoms with E-state index in [2.05, 4.69) is 0 Å². The molecule has 0 aliphatic carbocycles. The number of nitrogens with zero attached hydrogens (tertiary/aromatic N) is 2. The van der Waals surface area contributed by atoms with Crippen LogP contribution in [0, 0.1) is 0 Å². The molecular weight excluding hydrogens is 632 g/mol. The number of fused-ring (bicyclic) bond motifs is 1. The van der Waals surface area contributed by atoms with Gasteiger partial charge in [-0.2, -0.15) is 0 Å². The van der Waals surface area contributed by atoms with E-state index < -0.39 is 12.2 Å². The smallest absolute Gasteiger partial charge is 0.305 e. The molecule has 0 N–H and O–H groups in total. The van der Waals surface area contributed by atoms with Crippen molar-refractivity contribution in [3.8, 4) is 23.0 Å². The minimum absolute atomic E-state index is 0.185. The standard InChI is InChI=1S/C34H35ClN2O8S/c1-40-23-12-9-20(28(16-23)42-3)18-37-26-13-10-21(35)15-25(26)32(24-7-6-8-27(41-2)33(24)44-5)45-29(34(37)39)17-30-36-22(19-46-30)11-14-31(38)43-4/h6-10,12-13,15-16,19,29,32H,11,14,17-18H2,1-5H3/t29-,32-/m0/s1. The van der Waals surface area contributed by atoms with Gasteiger partial charge in [0.15, 0.2) is 11.5 Å². The largest absolute Gasteiger partial charge is 0.497 e. The van der Waals surface area contributed by atoms with Crippen molar-refractivity contribution in [1.29, 1.82) is 0 Å². The van der Waals surface area contributed by atoms with E-state index in [1.165, 1.54) is 18.4 Å². The number of thiazole rings is 1. The average molecular weight is 667 g/mol. The van der Waals surface area contributed by atoms with Crippen LogP contribution in [0.15, 0.2) is 60.0 Å². The molecule has 2 atom stereocenters. The lowest BCUT2D eigenvalue weighted by Gasteiger charge is -2.26. The predicted octanol–water partition coefficient (Wildman–Crippen LogP) is 6.20. The average Bonchev–Trinajstić information content (AvgIpc) is 3.50. The molecule has 1 aromatic heterocycles. The summed E-state index contributed by atoms with van der Waals surface area (Å²) in [5.41, 5.74) is 3.49. The van der Waals surface area contributed by atoms with Crippen LogP contribution in [0.5, 0.6) is 23.0 Å². The van der Waals surface area contributed by atoms with Crippen LogP contribution in [0.1, 0.15) is 39.9 Å². The molecule has 0 spiro atoms. The summed E-state index contributed by atoms with van der Waals surface area (Å²) in [6.07, 6.45) is -0.864. The van der Waals surface area contributed by atoms with E-state index in [-0.39, 0.29) is 31.3 Å². The number of benzene rings is 3. The molecule has 1 aliphatic rings. The molecule has 10 nitrogen and oxygen atoms in total. The number of aryl methyl sites for hydroxylation is 1. The number of carbonyl (C=O) groups is 2. The Hall–Kier alpha value is -4.32. The first-order chi connectivity index (χ1) is 22.3. The van der Waals surface area contributed by atoms with E-state index in [9.17, 15) is 9.59 Å². The quantitative estimate of drug-likeness (QED) is 0.163. The van der Waals surface area contributed by atoms with E-state index in [0.29, 0.717) is 56.3 Å². The topological polar surface area (TPSA) is 106 Å². The Labute approximate surface area is 276 Å². The van der Waals surface area contributed by atoms with Gasteiger partial charge in [0.25, 0.3) is 5.91 Å². The van der Waals surface area contributed by atoms with E-state index in [4.69, 9.17) is 45.0 Å². The number of aromatic nitrogens is 1. The third-order valence-electron chi connectivity index (χ3n) is 7.72. The first-order valence-electron chi connectivity index (χ1n) is 14.5. The number of halogens is 1. The van der Waals surface area contributed by atoms with Gasteiger partial charge in [0.2, 0.25) is 0 Å². The number of ether oxygens (including phenoxy) is 6. The van der Waals surface area contributed by atoms with Gasteiger partial charge < -0.3 is 33.3 Å². The first kappa shape index (κ1) is 33.1. The van der Waals surface area contributed by atoms with Crippen LogP contribution in [0.2, 0.25) is 5.02 Å². The lowest BCUT2D eigenvalue weighted by atomic mass is 9.97. The van der Waals surface area contributed by atoms with Gasteiger partial charge in [0, 0.05) is 46.0 Å². The van der Waals surface area contributed by atoms with E-state index in [0.717, 1.165) is 11.3 Å². The molecule has 1 amide bonds. The second-order valence-electron chi connectivity index (χ2n) is 10.4. The van der Waals surface area contributed by atoms with E-state index >= 15 is 0 Å². The molecule has 0 bridgehead atoms. The SMILES string of the molecule is COC(=O)CCc1csc(C[C@@H]2O[C@@H](c3cccc(OC)c3OC)c3cc(Cl)ccc3N(Cc3ccc(OC)cc3OC)C2=O)n1. The Balaban J connectivity index is 1.61. The number of esters is 1. The Bertz CT molecular complexity index is 1710. The number of para-hydroxylation sites is 1. The molecule has 3 aromatic carbocycles. The molecule has 0 radical (unpaired) electrons. The number of anilines is 1. The maximum Gasteiger partial charge on any atom is 0.305 e. The molecule has 4 aromatic rings. The van der Waals surface area contributed by atoms with Gasteiger partial charge in [0.1, 0.15) is 23.7 Å². The molecule has 46 heavy (non-hydrogen) atoms. The molecule has 5 rings (SSSR count). The van der Waals surface area contributed by atoms with Crippen LogP contribution in [0.25, 0.3) is 0 Å². The van der Waals surface area contributed by atoms with Crippen molar-refractivity contribution in [3.05, 3.63) is 92.4 Å². The molecule has 1 aliphatic heterocycles. The third-order valence-corrected chi connectivity index (χ3v) is 8.87. The highest BCUT2D eigenvalue weighted by Crippen LogP contribution is 2.46. The Morgan fingerprint density at radius 3 is 2.48 bits per heavy atom. The van der Waals surface area contributed by atoms with E-state index in [1.54, 1.807) is 51.5 Å². The van der Waals surface area contributed by atoms with E-state index in [1.807, 2.05) is 41.8 Å². The molecule has 242 valence electrons. The summed E-state index contributed by atoms with van der Waals surface area (Å²) in [4.78, 5) is 32.7. The summed E-state index contributed by atoms with van der Waals surface area (Å²) >= 11 is 7.99. The second-order valence-corrected chi connectivity index (χ2v) is 11.8. The zero-order valence-electron chi connectivity index (χ0n) is 26.2. The summed E-state index contributed by atoms with van der Waals surface area (Å²) < 4.78 is 34.0. The summed E-state index contributed by atoms with van der Waals surface area (Å²) in [5.74, 6) is 1.63. The first-order valence-corrected chi connectivity index (χ1v) is 15.7. The zero-order chi connectivity index (χ0) is 32.8. The van der Waals surface area contributed by atoms with Crippen LogP contribution < -0.4 is 23.8 Å². The minimum Gasteiger partial charge on any atom is -0.497 e. The van der Waals surface area contributed by atoms with Crippen LogP contribution in [-0.4, -0.2) is 58.5 Å². The van der Waals surface area contributed by atoms with Crippen molar-refractivity contribution in [2.45, 2.75) is 38.0 Å². The molecule has 0 saturated carbocycles. The van der Waals surface area contributed by atoms with Crippen LogP contribution in [0.3, 0.4) is 0 Å². The predicted molar refractivity (Wildman–Crippen MR) is 175 cm³/mol. The number of methoxy groups -OCH3 is 5. The second kappa shape index (κ2) is 14.8.